The van der Waals surface area contributed by atoms with E-state index in [0.29, 0.717) is 42.2 Å². The van der Waals surface area contributed by atoms with Gasteiger partial charge in [0.05, 0.1) is 32.4 Å². The Kier molecular flexibility index (Phi) is 10.6. The molecule has 0 saturated heterocycles. The van der Waals surface area contributed by atoms with Gasteiger partial charge in [-0.3, -0.25) is 9.59 Å². The molecule has 0 saturated carbocycles. The van der Waals surface area contributed by atoms with E-state index >= 15 is 0 Å². The number of nitrogens with zero attached hydrogens (tertiary/aromatic N) is 3. The number of hydrogen-bond acceptors (Lipinski definition) is 6. The fourth-order valence-corrected chi connectivity index (χ4v) is 4.79. The second kappa shape index (κ2) is 13.9. The topological polar surface area (TPSA) is 94.9 Å². The number of rotatable bonds is 14. The second-order valence-corrected chi connectivity index (χ2v) is 9.69. The maximum Gasteiger partial charge on any atom is 0.251 e. The lowest BCUT2D eigenvalue weighted by Crippen LogP contribution is -2.45. The van der Waals surface area contributed by atoms with E-state index in [-0.39, 0.29) is 30.4 Å². The van der Waals surface area contributed by atoms with Crippen molar-refractivity contribution < 1.29 is 23.8 Å². The molecular formula is C30H42N4O5. The number of para-hydroxylation sites is 2. The molecule has 1 aromatic heterocycles. The van der Waals surface area contributed by atoms with Gasteiger partial charge in [-0.2, -0.15) is 0 Å². The van der Waals surface area contributed by atoms with Crippen LogP contribution in [0.4, 0.5) is 0 Å². The first-order chi connectivity index (χ1) is 18.8. The summed E-state index contributed by atoms with van der Waals surface area (Å²) in [4.78, 5) is 33.2. The first-order valence-corrected chi connectivity index (χ1v) is 13.6. The van der Waals surface area contributed by atoms with Crippen LogP contribution in [0.15, 0.2) is 36.4 Å². The van der Waals surface area contributed by atoms with Crippen molar-refractivity contribution >= 4 is 22.8 Å². The summed E-state index contributed by atoms with van der Waals surface area (Å²) < 4.78 is 18.1. The average Bonchev–Trinajstić information content (AvgIpc) is 3.30. The van der Waals surface area contributed by atoms with Gasteiger partial charge in [0.25, 0.3) is 5.91 Å². The zero-order valence-electron chi connectivity index (χ0n) is 24.2. The summed E-state index contributed by atoms with van der Waals surface area (Å²) >= 11 is 0. The standard InChI is InChI=1S/C30H42N4O5/c1-8-20(3)34(21(4)9-2)28(35)19-33-24-14-11-10-13-23(24)32-27(33)15-12-16-31-30(36)22-17-25(37-5)29(39-7)26(18-22)38-6/h10-11,13-14,17-18,20-21H,8-9,12,15-16,19H2,1-7H3,(H,31,36). The quantitative estimate of drug-likeness (QED) is 0.295. The predicted molar refractivity (Wildman–Crippen MR) is 153 cm³/mol. The van der Waals surface area contributed by atoms with Gasteiger partial charge in [0.15, 0.2) is 11.5 Å². The van der Waals surface area contributed by atoms with Gasteiger partial charge in [-0.15, -0.1) is 0 Å². The number of carbonyl (C=O) groups excluding carboxylic acids is 2. The van der Waals surface area contributed by atoms with Gasteiger partial charge in [-0.05, 0) is 57.4 Å². The van der Waals surface area contributed by atoms with Crippen LogP contribution in [0, 0.1) is 0 Å². The van der Waals surface area contributed by atoms with E-state index in [1.54, 1.807) is 12.1 Å². The Balaban J connectivity index is 1.73. The summed E-state index contributed by atoms with van der Waals surface area (Å²) in [5, 5.41) is 2.96. The van der Waals surface area contributed by atoms with E-state index in [9.17, 15) is 9.59 Å². The van der Waals surface area contributed by atoms with Crippen LogP contribution in [-0.2, 0) is 17.8 Å². The van der Waals surface area contributed by atoms with E-state index in [1.807, 2.05) is 33.7 Å². The average molecular weight is 539 g/mol. The minimum absolute atomic E-state index is 0.0961. The maximum absolute atomic E-state index is 13.5. The van der Waals surface area contributed by atoms with Crippen LogP contribution in [-0.4, -0.2) is 66.2 Å². The van der Waals surface area contributed by atoms with E-state index in [0.717, 1.165) is 29.7 Å². The van der Waals surface area contributed by atoms with Crippen molar-refractivity contribution in [3.8, 4) is 17.2 Å². The van der Waals surface area contributed by atoms with Crippen molar-refractivity contribution in [2.24, 2.45) is 0 Å². The third kappa shape index (κ3) is 6.82. The number of amides is 2. The molecule has 2 atom stereocenters. The number of nitrogens with one attached hydrogen (secondary N) is 1. The molecule has 39 heavy (non-hydrogen) atoms. The van der Waals surface area contributed by atoms with E-state index in [2.05, 4.69) is 33.0 Å². The highest BCUT2D eigenvalue weighted by Crippen LogP contribution is 2.38. The second-order valence-electron chi connectivity index (χ2n) is 9.69. The summed E-state index contributed by atoms with van der Waals surface area (Å²) in [5.74, 6) is 1.97. The highest BCUT2D eigenvalue weighted by molar-refractivity contribution is 5.95. The SMILES string of the molecule is CCC(C)N(C(=O)Cn1c(CCCNC(=O)c2cc(OC)c(OC)c(OC)c2)nc2ccccc21)C(C)CC. The number of ether oxygens (including phenoxy) is 3. The Labute approximate surface area is 231 Å². The van der Waals surface area contributed by atoms with Crippen molar-refractivity contribution in [2.75, 3.05) is 27.9 Å². The Morgan fingerprint density at radius 3 is 2.15 bits per heavy atom. The molecule has 1 N–H and O–H groups in total. The molecule has 0 aliphatic carbocycles. The number of aryl methyl sites for hydroxylation is 1. The van der Waals surface area contributed by atoms with Crippen LogP contribution in [0.1, 0.15) is 63.1 Å². The molecule has 0 fully saturated rings. The van der Waals surface area contributed by atoms with Crippen LogP contribution in [0.25, 0.3) is 11.0 Å². The zero-order valence-corrected chi connectivity index (χ0v) is 24.2. The number of benzene rings is 2. The molecule has 3 rings (SSSR count). The van der Waals surface area contributed by atoms with Crippen molar-refractivity contribution in [3.05, 3.63) is 47.8 Å². The molecule has 2 unspecified atom stereocenters. The summed E-state index contributed by atoms with van der Waals surface area (Å²) in [7, 11) is 4.55. The lowest BCUT2D eigenvalue weighted by Gasteiger charge is -2.34. The molecular weight excluding hydrogens is 496 g/mol. The largest absolute Gasteiger partial charge is 0.493 e. The van der Waals surface area contributed by atoms with Gasteiger partial charge in [0, 0.05) is 30.6 Å². The highest BCUT2D eigenvalue weighted by atomic mass is 16.5. The molecule has 3 aromatic rings. The molecule has 1 heterocycles. The highest BCUT2D eigenvalue weighted by Gasteiger charge is 2.25. The minimum atomic E-state index is -0.240. The first-order valence-electron chi connectivity index (χ1n) is 13.6. The molecule has 0 spiro atoms. The van der Waals surface area contributed by atoms with Gasteiger partial charge in [-0.25, -0.2) is 4.98 Å². The van der Waals surface area contributed by atoms with Crippen molar-refractivity contribution in [1.29, 1.82) is 0 Å². The summed E-state index contributed by atoms with van der Waals surface area (Å²) in [6.07, 6.45) is 3.08. The van der Waals surface area contributed by atoms with Gasteiger partial charge >= 0.3 is 0 Å². The van der Waals surface area contributed by atoms with Crippen LogP contribution >= 0.6 is 0 Å². The minimum Gasteiger partial charge on any atom is -0.493 e. The molecule has 0 radical (unpaired) electrons. The fourth-order valence-electron chi connectivity index (χ4n) is 4.79. The third-order valence-corrected chi connectivity index (χ3v) is 7.24. The fraction of sp³-hybridized carbons (Fsp3) is 0.500. The smallest absolute Gasteiger partial charge is 0.251 e. The normalized spacial score (nSPS) is 12.6. The molecule has 2 aromatic carbocycles. The van der Waals surface area contributed by atoms with Crippen LogP contribution in [0.5, 0.6) is 17.2 Å². The van der Waals surface area contributed by atoms with Crippen LogP contribution in [0.2, 0.25) is 0 Å². The molecule has 0 bridgehead atoms. The number of methoxy groups -OCH3 is 3. The molecule has 0 aliphatic rings. The summed E-state index contributed by atoms with van der Waals surface area (Å²) in [5.41, 5.74) is 2.22. The number of aromatic nitrogens is 2. The number of fused-ring (bicyclic) bond motifs is 1. The summed E-state index contributed by atoms with van der Waals surface area (Å²) in [6, 6.07) is 11.5. The molecule has 0 aliphatic heterocycles. The van der Waals surface area contributed by atoms with E-state index in [1.165, 1.54) is 21.3 Å². The predicted octanol–water partition coefficient (Wildman–Crippen LogP) is 4.85. The number of hydrogen-bond donors (Lipinski definition) is 1. The van der Waals surface area contributed by atoms with Gasteiger partial charge in [0.2, 0.25) is 11.7 Å². The Morgan fingerprint density at radius 2 is 1.59 bits per heavy atom. The van der Waals surface area contributed by atoms with E-state index < -0.39 is 0 Å². The molecule has 9 heteroatoms. The van der Waals surface area contributed by atoms with Crippen LogP contribution < -0.4 is 19.5 Å². The lowest BCUT2D eigenvalue weighted by molar-refractivity contribution is -0.136. The van der Waals surface area contributed by atoms with Gasteiger partial charge < -0.3 is 29.0 Å². The number of carbonyl (C=O) groups is 2. The molecule has 2 amide bonds. The monoisotopic (exact) mass is 538 g/mol. The Bertz CT molecular complexity index is 1240. The van der Waals surface area contributed by atoms with Gasteiger partial charge in [-0.1, -0.05) is 26.0 Å². The number of imidazole rings is 1. The van der Waals surface area contributed by atoms with Gasteiger partial charge in [0.1, 0.15) is 12.4 Å². The van der Waals surface area contributed by atoms with E-state index in [4.69, 9.17) is 19.2 Å². The first kappa shape index (κ1) is 29.8. The zero-order chi connectivity index (χ0) is 28.5. The summed E-state index contributed by atoms with van der Waals surface area (Å²) in [6.45, 7) is 9.11. The third-order valence-electron chi connectivity index (χ3n) is 7.24. The lowest BCUT2D eigenvalue weighted by atomic mass is 10.1. The van der Waals surface area contributed by atoms with Crippen molar-refractivity contribution in [2.45, 2.75) is 72.0 Å². The Morgan fingerprint density at radius 1 is 0.974 bits per heavy atom. The molecule has 9 nitrogen and oxygen atoms in total. The van der Waals surface area contributed by atoms with Crippen LogP contribution in [0.3, 0.4) is 0 Å². The van der Waals surface area contributed by atoms with Crippen molar-refractivity contribution in [3.63, 3.8) is 0 Å². The maximum atomic E-state index is 13.5. The van der Waals surface area contributed by atoms with Crippen molar-refractivity contribution in [1.82, 2.24) is 19.8 Å². The Hall–Kier alpha value is -3.75. The molecule has 212 valence electrons.